The van der Waals surface area contributed by atoms with Crippen molar-refractivity contribution in [1.82, 2.24) is 29.8 Å². The van der Waals surface area contributed by atoms with Gasteiger partial charge in [0.05, 0.1) is 18.3 Å². The van der Waals surface area contributed by atoms with Crippen LogP contribution in [0.1, 0.15) is 67.2 Å². The lowest BCUT2D eigenvalue weighted by molar-refractivity contribution is -0.144. The van der Waals surface area contributed by atoms with Crippen molar-refractivity contribution in [1.29, 1.82) is 0 Å². The minimum absolute atomic E-state index is 0. The molecule has 7 rings (SSSR count). The average molecular weight is 627 g/mol. The average Bonchev–Trinajstić information content (AvgIpc) is 3.38. The van der Waals surface area contributed by atoms with Crippen molar-refractivity contribution < 1.29 is 20.6 Å². The standard InChI is InChI=1S/C23H28N4O2.C13H16N2O2.H2/c1-22(2)10-19(22)21(29)26-15-23(16-26)8-9-25(14-23)20(28)18-11-24-27(13-18)12-17-6-4-3-5-7-17;16-10-14-12-7-4-8-15(9-12)13(17)11-5-2-1-3-6-11;/h3-7,11,13,19H,8-10,12,14-16H2,1-2H3;1-3,5-6,10,12H,4,7-9H2,(H,14,16);1H/t19-;12-;/m10./s1. The summed E-state index contributed by atoms with van der Waals surface area (Å²) in [4.78, 5) is 53.8. The first-order valence-corrected chi connectivity index (χ1v) is 16.3. The molecule has 46 heavy (non-hydrogen) atoms. The number of hydrogen-bond acceptors (Lipinski definition) is 5. The maximum atomic E-state index is 13.0. The van der Waals surface area contributed by atoms with Gasteiger partial charge in [-0.15, -0.1) is 0 Å². The second-order valence-corrected chi connectivity index (χ2v) is 14.1. The monoisotopic (exact) mass is 626 g/mol. The summed E-state index contributed by atoms with van der Waals surface area (Å²) in [5, 5.41) is 7.11. The number of amides is 4. The number of aromatic nitrogens is 2. The molecule has 4 amide bonds. The third-order valence-electron chi connectivity index (χ3n) is 10.0. The summed E-state index contributed by atoms with van der Waals surface area (Å²) in [6, 6.07) is 19.5. The molecule has 4 aliphatic rings. The molecule has 10 heteroatoms. The van der Waals surface area contributed by atoms with E-state index in [1.807, 2.05) is 69.2 Å². The van der Waals surface area contributed by atoms with Gasteiger partial charge in [-0.3, -0.25) is 23.9 Å². The minimum atomic E-state index is 0. The molecule has 10 nitrogen and oxygen atoms in total. The van der Waals surface area contributed by atoms with Crippen molar-refractivity contribution >= 4 is 24.1 Å². The highest BCUT2D eigenvalue weighted by atomic mass is 16.2. The van der Waals surface area contributed by atoms with E-state index in [1.165, 1.54) is 0 Å². The molecule has 244 valence electrons. The smallest absolute Gasteiger partial charge is 0.257 e. The molecule has 2 atom stereocenters. The Hall–Kier alpha value is -4.47. The van der Waals surface area contributed by atoms with Crippen LogP contribution < -0.4 is 5.32 Å². The Morgan fingerprint density at radius 2 is 1.57 bits per heavy atom. The van der Waals surface area contributed by atoms with Gasteiger partial charge in [0.25, 0.3) is 11.8 Å². The Morgan fingerprint density at radius 3 is 2.24 bits per heavy atom. The van der Waals surface area contributed by atoms with E-state index in [-0.39, 0.29) is 36.0 Å². The molecule has 3 aromatic rings. The molecule has 0 unspecified atom stereocenters. The molecular formula is C36H46N6O4. The predicted molar refractivity (Wildman–Crippen MR) is 176 cm³/mol. The first-order chi connectivity index (χ1) is 22.2. The Bertz CT molecular complexity index is 1560. The van der Waals surface area contributed by atoms with E-state index in [4.69, 9.17) is 0 Å². The van der Waals surface area contributed by atoms with E-state index in [2.05, 4.69) is 36.4 Å². The largest absolute Gasteiger partial charge is 0.354 e. The summed E-state index contributed by atoms with van der Waals surface area (Å²) in [6.45, 7) is 9.47. The molecule has 1 saturated carbocycles. The van der Waals surface area contributed by atoms with Gasteiger partial charge < -0.3 is 20.0 Å². The van der Waals surface area contributed by atoms with Crippen LogP contribution in [0.2, 0.25) is 0 Å². The highest BCUT2D eigenvalue weighted by Gasteiger charge is 2.57. The SMILES string of the molecule is CC1(C)C[C@@H]1C(=O)N1CC2(CCN(C(=O)c3cnn(Cc4ccccc4)c3)C2)C1.O=CN[C@H]1CCCN(C(=O)c2ccccc2)C1.[HH]. The number of hydrogen-bond donors (Lipinski definition) is 1. The molecule has 2 aromatic carbocycles. The van der Waals surface area contributed by atoms with Crippen LogP contribution in [-0.2, 0) is 16.1 Å². The number of nitrogens with zero attached hydrogens (tertiary/aromatic N) is 5. The van der Waals surface area contributed by atoms with Crippen molar-refractivity contribution in [2.45, 2.75) is 52.1 Å². The summed E-state index contributed by atoms with van der Waals surface area (Å²) < 4.78 is 1.82. The topological polar surface area (TPSA) is 108 Å². The first kappa shape index (κ1) is 31.5. The van der Waals surface area contributed by atoms with Crippen LogP contribution in [0, 0.1) is 16.7 Å². The third-order valence-corrected chi connectivity index (χ3v) is 10.0. The van der Waals surface area contributed by atoms with Crippen LogP contribution >= 0.6 is 0 Å². The Kier molecular flexibility index (Phi) is 8.97. The van der Waals surface area contributed by atoms with Crippen LogP contribution in [0.4, 0.5) is 0 Å². The van der Waals surface area contributed by atoms with Gasteiger partial charge in [0.15, 0.2) is 0 Å². The van der Waals surface area contributed by atoms with Gasteiger partial charge in [0.2, 0.25) is 12.3 Å². The van der Waals surface area contributed by atoms with Gasteiger partial charge in [-0.05, 0) is 48.8 Å². The lowest BCUT2D eigenvalue weighted by atomic mass is 9.78. The third kappa shape index (κ3) is 7.00. The lowest BCUT2D eigenvalue weighted by Gasteiger charge is -2.48. The van der Waals surface area contributed by atoms with Crippen LogP contribution in [-0.4, -0.2) is 93.9 Å². The Labute approximate surface area is 272 Å². The van der Waals surface area contributed by atoms with Crippen LogP contribution in [0.15, 0.2) is 73.1 Å². The van der Waals surface area contributed by atoms with Gasteiger partial charge in [-0.25, -0.2) is 0 Å². The zero-order chi connectivity index (χ0) is 32.3. The fourth-order valence-electron chi connectivity index (χ4n) is 7.07. The zero-order valence-corrected chi connectivity index (χ0v) is 26.8. The molecule has 0 bridgehead atoms. The second kappa shape index (κ2) is 13.1. The summed E-state index contributed by atoms with van der Waals surface area (Å²) in [5.41, 5.74) is 2.79. The molecule has 4 fully saturated rings. The number of benzene rings is 2. The molecule has 4 heterocycles. The quantitative estimate of drug-likeness (QED) is 0.400. The molecule has 1 aromatic heterocycles. The van der Waals surface area contributed by atoms with Crippen molar-refractivity contribution in [3.63, 3.8) is 0 Å². The fraction of sp³-hybridized carbons (Fsp3) is 0.472. The lowest BCUT2D eigenvalue weighted by Crippen LogP contribution is -2.60. The second-order valence-electron chi connectivity index (χ2n) is 14.1. The molecule has 1 aliphatic carbocycles. The highest BCUT2D eigenvalue weighted by molar-refractivity contribution is 5.94. The summed E-state index contributed by atoms with van der Waals surface area (Å²) in [7, 11) is 0. The van der Waals surface area contributed by atoms with E-state index < -0.39 is 0 Å². The van der Waals surface area contributed by atoms with Crippen molar-refractivity contribution in [3.8, 4) is 0 Å². The van der Waals surface area contributed by atoms with E-state index in [0.29, 0.717) is 36.5 Å². The van der Waals surface area contributed by atoms with E-state index in [0.717, 1.165) is 64.0 Å². The van der Waals surface area contributed by atoms with Crippen LogP contribution in [0.25, 0.3) is 0 Å². The van der Waals surface area contributed by atoms with Gasteiger partial charge >= 0.3 is 0 Å². The number of rotatable bonds is 7. The van der Waals surface area contributed by atoms with Gasteiger partial charge in [-0.2, -0.15) is 5.10 Å². The number of carbonyl (C=O) groups excluding carboxylic acids is 4. The van der Waals surface area contributed by atoms with Crippen LogP contribution in [0.5, 0.6) is 0 Å². The number of carbonyl (C=O) groups is 4. The molecule has 1 spiro atoms. The molecule has 1 N–H and O–H groups in total. The van der Waals surface area contributed by atoms with E-state index in [1.54, 1.807) is 11.1 Å². The fourth-order valence-corrected chi connectivity index (χ4v) is 7.07. The highest BCUT2D eigenvalue weighted by Crippen LogP contribution is 2.54. The molecule has 3 saturated heterocycles. The predicted octanol–water partition coefficient (Wildman–Crippen LogP) is 3.94. The van der Waals surface area contributed by atoms with Gasteiger partial charge in [0, 0.05) is 69.8 Å². The number of likely N-dealkylation sites (tertiary alicyclic amines) is 3. The molecule has 0 radical (unpaired) electrons. The summed E-state index contributed by atoms with van der Waals surface area (Å²) in [6.07, 6.45) is 8.08. The zero-order valence-electron chi connectivity index (χ0n) is 26.8. The van der Waals surface area contributed by atoms with Crippen molar-refractivity contribution in [3.05, 3.63) is 89.7 Å². The van der Waals surface area contributed by atoms with Crippen molar-refractivity contribution in [2.24, 2.45) is 16.7 Å². The van der Waals surface area contributed by atoms with E-state index in [9.17, 15) is 19.2 Å². The number of nitrogens with one attached hydrogen (secondary N) is 1. The first-order valence-electron chi connectivity index (χ1n) is 16.3. The maximum absolute atomic E-state index is 13.0. The summed E-state index contributed by atoms with van der Waals surface area (Å²) in [5.74, 6) is 0.610. The molecule has 3 aliphatic heterocycles. The summed E-state index contributed by atoms with van der Waals surface area (Å²) >= 11 is 0. The minimum Gasteiger partial charge on any atom is -0.354 e. The normalized spacial score (nSPS) is 22.3. The van der Waals surface area contributed by atoms with Gasteiger partial charge in [0.1, 0.15) is 0 Å². The Balaban J connectivity index is 0.000000207. The van der Waals surface area contributed by atoms with Crippen molar-refractivity contribution in [2.75, 3.05) is 39.3 Å². The van der Waals surface area contributed by atoms with Crippen LogP contribution in [0.3, 0.4) is 0 Å². The van der Waals surface area contributed by atoms with Gasteiger partial charge in [-0.1, -0.05) is 62.4 Å². The van der Waals surface area contributed by atoms with E-state index >= 15 is 0 Å². The number of piperidine rings is 1. The Morgan fingerprint density at radius 1 is 0.913 bits per heavy atom. The maximum Gasteiger partial charge on any atom is 0.257 e. The molecular weight excluding hydrogens is 580 g/mol.